The average Bonchev–Trinajstić information content (AvgIpc) is 2.32. The second kappa shape index (κ2) is 5.49. The lowest BCUT2D eigenvalue weighted by Gasteiger charge is -2.35. The molecule has 0 amide bonds. The molecule has 1 aliphatic heterocycles. The third-order valence-corrected chi connectivity index (χ3v) is 2.72. The normalized spacial score (nSPS) is 19.6. The van der Waals surface area contributed by atoms with Gasteiger partial charge >= 0.3 is 6.36 Å². The van der Waals surface area contributed by atoms with Gasteiger partial charge in [0.2, 0.25) is 0 Å². The second-order valence-corrected chi connectivity index (χ2v) is 4.94. The van der Waals surface area contributed by atoms with Crippen molar-refractivity contribution in [2.45, 2.75) is 32.0 Å². The summed E-state index contributed by atoms with van der Waals surface area (Å²) in [6, 6.07) is 5.49. The van der Waals surface area contributed by atoms with E-state index in [2.05, 4.69) is 10.1 Å². The van der Waals surface area contributed by atoms with E-state index >= 15 is 0 Å². The van der Waals surface area contributed by atoms with Crippen molar-refractivity contribution in [3.63, 3.8) is 0 Å². The number of ether oxygens (including phenoxy) is 3. The summed E-state index contributed by atoms with van der Waals surface area (Å²) in [5.74, 6) is -0.844. The molecule has 0 atom stereocenters. The molecule has 4 nitrogen and oxygen atoms in total. The van der Waals surface area contributed by atoms with Crippen LogP contribution in [0.2, 0.25) is 0 Å². The number of rotatable bonds is 3. The minimum atomic E-state index is -4.68. The Morgan fingerprint density at radius 3 is 2.20 bits per heavy atom. The Hall–Kier alpha value is -1.47. The highest BCUT2D eigenvalue weighted by Crippen LogP contribution is 2.25. The number of halogens is 3. The molecule has 20 heavy (non-hydrogen) atoms. The van der Waals surface area contributed by atoms with Crippen molar-refractivity contribution < 1.29 is 27.4 Å². The lowest BCUT2D eigenvalue weighted by atomic mass is 10.2. The van der Waals surface area contributed by atoms with Gasteiger partial charge in [-0.15, -0.1) is 13.2 Å². The van der Waals surface area contributed by atoms with Crippen molar-refractivity contribution in [2.24, 2.45) is 0 Å². The molecule has 0 bridgehead atoms. The van der Waals surface area contributed by atoms with Crippen molar-refractivity contribution in [1.82, 2.24) is 0 Å². The molecular formula is C13H16F3NO3. The summed E-state index contributed by atoms with van der Waals surface area (Å²) in [7, 11) is 0. The van der Waals surface area contributed by atoms with Gasteiger partial charge < -0.3 is 19.5 Å². The van der Waals surface area contributed by atoms with E-state index in [-0.39, 0.29) is 11.8 Å². The molecule has 0 spiro atoms. The Kier molecular flexibility index (Phi) is 4.10. The first-order valence-corrected chi connectivity index (χ1v) is 6.14. The van der Waals surface area contributed by atoms with Crippen LogP contribution in [0.3, 0.4) is 0 Å². The van der Waals surface area contributed by atoms with Crippen molar-refractivity contribution in [1.29, 1.82) is 0 Å². The predicted molar refractivity (Wildman–Crippen MR) is 66.5 cm³/mol. The summed E-state index contributed by atoms with van der Waals surface area (Å²) in [6.07, 6.45) is -4.68. The van der Waals surface area contributed by atoms with Gasteiger partial charge in [-0.25, -0.2) is 0 Å². The van der Waals surface area contributed by atoms with Crippen LogP contribution >= 0.6 is 0 Å². The number of nitrogens with one attached hydrogen (secondary N) is 1. The van der Waals surface area contributed by atoms with E-state index in [9.17, 15) is 13.2 Å². The molecule has 2 rings (SSSR count). The van der Waals surface area contributed by atoms with Crippen LogP contribution in [0.15, 0.2) is 24.3 Å². The molecule has 1 aromatic carbocycles. The van der Waals surface area contributed by atoms with Gasteiger partial charge in [-0.05, 0) is 38.1 Å². The van der Waals surface area contributed by atoms with Crippen molar-refractivity contribution in [3.05, 3.63) is 24.3 Å². The Bertz CT molecular complexity index is 435. The molecule has 1 aromatic rings. The zero-order valence-corrected chi connectivity index (χ0v) is 11.2. The van der Waals surface area contributed by atoms with Crippen LogP contribution in [0.4, 0.5) is 18.9 Å². The highest BCUT2D eigenvalue weighted by Gasteiger charge is 2.31. The Morgan fingerprint density at radius 2 is 1.70 bits per heavy atom. The highest BCUT2D eigenvalue weighted by atomic mass is 19.4. The maximum Gasteiger partial charge on any atom is 0.573 e. The topological polar surface area (TPSA) is 39.7 Å². The minimum Gasteiger partial charge on any atom is -0.406 e. The number of benzene rings is 1. The number of hydrogen-bond donors (Lipinski definition) is 1. The molecule has 0 radical (unpaired) electrons. The molecule has 0 aliphatic carbocycles. The van der Waals surface area contributed by atoms with E-state index < -0.39 is 12.1 Å². The maximum absolute atomic E-state index is 12.0. The van der Waals surface area contributed by atoms with Crippen molar-refractivity contribution >= 4 is 5.69 Å². The summed E-state index contributed by atoms with van der Waals surface area (Å²) in [5.41, 5.74) is 0.677. The van der Waals surface area contributed by atoms with Gasteiger partial charge in [-0.1, -0.05) is 0 Å². The monoisotopic (exact) mass is 291 g/mol. The van der Waals surface area contributed by atoms with Crippen LogP contribution in [-0.2, 0) is 9.47 Å². The predicted octanol–water partition coefficient (Wildman–Crippen LogP) is 3.15. The molecule has 112 valence electrons. The van der Waals surface area contributed by atoms with Crippen LogP contribution in [0.1, 0.15) is 13.8 Å². The lowest BCUT2D eigenvalue weighted by molar-refractivity contribution is -0.274. The van der Waals surface area contributed by atoms with Crippen LogP contribution in [0, 0.1) is 0 Å². The number of anilines is 1. The maximum atomic E-state index is 12.0. The first-order chi connectivity index (χ1) is 9.23. The van der Waals surface area contributed by atoms with Crippen LogP contribution < -0.4 is 10.1 Å². The van der Waals surface area contributed by atoms with Crippen molar-refractivity contribution in [3.8, 4) is 5.75 Å². The fourth-order valence-corrected chi connectivity index (χ4v) is 1.76. The largest absolute Gasteiger partial charge is 0.573 e. The SMILES string of the molecule is CC1(C)OCC(Nc2ccc(OC(F)(F)F)cc2)CO1. The summed E-state index contributed by atoms with van der Waals surface area (Å²) in [5, 5.41) is 3.12. The molecule has 7 heteroatoms. The molecule has 1 aliphatic rings. The molecule has 0 unspecified atom stereocenters. The Balaban J connectivity index is 1.88. The third-order valence-electron chi connectivity index (χ3n) is 2.72. The van der Waals surface area contributed by atoms with Crippen molar-refractivity contribution in [2.75, 3.05) is 18.5 Å². The van der Waals surface area contributed by atoms with E-state index in [0.717, 1.165) is 0 Å². The summed E-state index contributed by atoms with van der Waals surface area (Å²) in [4.78, 5) is 0. The van der Waals surface area contributed by atoms with Crippen LogP contribution in [0.25, 0.3) is 0 Å². The number of alkyl halides is 3. The van der Waals surface area contributed by atoms with Crippen LogP contribution in [-0.4, -0.2) is 31.4 Å². The van der Waals surface area contributed by atoms with E-state index in [1.165, 1.54) is 24.3 Å². The van der Waals surface area contributed by atoms with E-state index in [1.54, 1.807) is 0 Å². The number of hydrogen-bond acceptors (Lipinski definition) is 4. The molecule has 1 heterocycles. The van der Waals surface area contributed by atoms with E-state index in [4.69, 9.17) is 9.47 Å². The molecule has 0 aromatic heterocycles. The smallest absolute Gasteiger partial charge is 0.406 e. The fraction of sp³-hybridized carbons (Fsp3) is 0.538. The zero-order valence-electron chi connectivity index (χ0n) is 11.2. The van der Waals surface area contributed by atoms with Crippen LogP contribution in [0.5, 0.6) is 5.75 Å². The summed E-state index contributed by atoms with van der Waals surface area (Å²) < 4.78 is 50.8. The quantitative estimate of drug-likeness (QED) is 0.928. The standard InChI is InChI=1S/C13H16F3NO3/c1-12(2)18-7-10(8-19-12)17-9-3-5-11(6-4-9)20-13(14,15)16/h3-6,10,17H,7-8H2,1-2H3. The van der Waals surface area contributed by atoms with Gasteiger partial charge in [0.15, 0.2) is 5.79 Å². The van der Waals surface area contributed by atoms with Gasteiger partial charge in [-0.2, -0.15) is 0 Å². The van der Waals surface area contributed by atoms with Gasteiger partial charge in [0.1, 0.15) is 5.75 Å². The van der Waals surface area contributed by atoms with Gasteiger partial charge in [-0.3, -0.25) is 0 Å². The first-order valence-electron chi connectivity index (χ1n) is 6.14. The molecule has 1 saturated heterocycles. The van der Waals surface area contributed by atoms with Gasteiger partial charge in [0.05, 0.1) is 19.3 Å². The third kappa shape index (κ3) is 4.57. The first kappa shape index (κ1) is 14.9. The Labute approximate surface area is 114 Å². The molecular weight excluding hydrogens is 275 g/mol. The Morgan fingerprint density at radius 1 is 1.15 bits per heavy atom. The van der Waals surface area contributed by atoms with E-state index in [1.807, 2.05) is 13.8 Å². The van der Waals surface area contributed by atoms with E-state index in [0.29, 0.717) is 18.9 Å². The van der Waals surface area contributed by atoms with Gasteiger partial charge in [0, 0.05) is 5.69 Å². The molecule has 1 N–H and O–H groups in total. The fourth-order valence-electron chi connectivity index (χ4n) is 1.76. The van der Waals surface area contributed by atoms with Gasteiger partial charge in [0.25, 0.3) is 0 Å². The highest BCUT2D eigenvalue weighted by molar-refractivity contribution is 5.47. The summed E-state index contributed by atoms with van der Waals surface area (Å²) >= 11 is 0. The molecule has 0 saturated carbocycles. The zero-order chi connectivity index (χ0) is 14.8. The molecule has 1 fully saturated rings. The summed E-state index contributed by atoms with van der Waals surface area (Å²) in [6.45, 7) is 4.58. The lowest BCUT2D eigenvalue weighted by Crippen LogP contribution is -2.45. The minimum absolute atomic E-state index is 0.0441. The average molecular weight is 291 g/mol. The second-order valence-electron chi connectivity index (χ2n) is 4.94.